The summed E-state index contributed by atoms with van der Waals surface area (Å²) < 4.78 is 33.8. The molecule has 0 aliphatic carbocycles. The molecule has 0 aliphatic heterocycles. The van der Waals surface area contributed by atoms with E-state index in [1.54, 1.807) is 13.8 Å². The van der Waals surface area contributed by atoms with Gasteiger partial charge in [0.25, 0.3) is 9.05 Å². The predicted octanol–water partition coefficient (Wildman–Crippen LogP) is 3.67. The standard InChI is InChI=1S/C15H23ClO4S/c1-11(2)5-6-19-7-8-20-15-12(3)9-14(10-13(15)4)21(16,17)18/h9-11H,5-8H2,1-4H3. The first-order valence-corrected chi connectivity index (χ1v) is 9.29. The third-order valence-electron chi connectivity index (χ3n) is 3.03. The van der Waals surface area contributed by atoms with E-state index in [0.717, 1.165) is 24.2 Å². The Labute approximate surface area is 131 Å². The Hall–Kier alpha value is -0.780. The highest BCUT2D eigenvalue weighted by Crippen LogP contribution is 2.28. The second kappa shape index (κ2) is 8.01. The molecule has 0 fully saturated rings. The molecule has 0 unspecified atom stereocenters. The molecule has 0 spiro atoms. The van der Waals surface area contributed by atoms with Crippen LogP contribution in [0, 0.1) is 19.8 Å². The van der Waals surface area contributed by atoms with Gasteiger partial charge in [-0.25, -0.2) is 8.42 Å². The molecule has 0 saturated carbocycles. The van der Waals surface area contributed by atoms with Crippen LogP contribution in [0.25, 0.3) is 0 Å². The van der Waals surface area contributed by atoms with Gasteiger partial charge in [0.15, 0.2) is 0 Å². The van der Waals surface area contributed by atoms with E-state index in [2.05, 4.69) is 13.8 Å². The van der Waals surface area contributed by atoms with Crippen LogP contribution in [0.5, 0.6) is 5.75 Å². The number of rotatable bonds is 8. The molecule has 0 aromatic heterocycles. The molecule has 1 aromatic carbocycles. The van der Waals surface area contributed by atoms with Gasteiger partial charge in [-0.3, -0.25) is 0 Å². The largest absolute Gasteiger partial charge is 0.491 e. The van der Waals surface area contributed by atoms with E-state index in [4.69, 9.17) is 20.2 Å². The first-order chi connectivity index (χ1) is 9.71. The molecule has 21 heavy (non-hydrogen) atoms. The predicted molar refractivity (Wildman–Crippen MR) is 84.7 cm³/mol. The third kappa shape index (κ3) is 6.24. The smallest absolute Gasteiger partial charge is 0.261 e. The molecule has 0 heterocycles. The lowest BCUT2D eigenvalue weighted by Gasteiger charge is -2.13. The van der Waals surface area contributed by atoms with Crippen LogP contribution in [0.2, 0.25) is 0 Å². The summed E-state index contributed by atoms with van der Waals surface area (Å²) in [5.41, 5.74) is 1.49. The van der Waals surface area contributed by atoms with Gasteiger partial charge in [-0.1, -0.05) is 13.8 Å². The SMILES string of the molecule is Cc1cc(S(=O)(=O)Cl)cc(C)c1OCCOCCC(C)C. The van der Waals surface area contributed by atoms with Crippen LogP contribution >= 0.6 is 10.7 Å². The molecule has 1 aromatic rings. The average molecular weight is 335 g/mol. The summed E-state index contributed by atoms with van der Waals surface area (Å²) >= 11 is 0. The molecule has 120 valence electrons. The number of ether oxygens (including phenoxy) is 2. The topological polar surface area (TPSA) is 52.6 Å². The molecule has 1 rings (SSSR count). The van der Waals surface area contributed by atoms with Crippen molar-refractivity contribution in [2.75, 3.05) is 19.8 Å². The van der Waals surface area contributed by atoms with Crippen molar-refractivity contribution < 1.29 is 17.9 Å². The van der Waals surface area contributed by atoms with Crippen LogP contribution < -0.4 is 4.74 Å². The molecule has 4 nitrogen and oxygen atoms in total. The Balaban J connectivity index is 2.57. The van der Waals surface area contributed by atoms with E-state index in [-0.39, 0.29) is 4.90 Å². The Morgan fingerprint density at radius 1 is 1.10 bits per heavy atom. The summed E-state index contributed by atoms with van der Waals surface area (Å²) in [4.78, 5) is 0.0969. The minimum Gasteiger partial charge on any atom is -0.491 e. The van der Waals surface area contributed by atoms with Gasteiger partial charge in [-0.2, -0.15) is 0 Å². The summed E-state index contributed by atoms with van der Waals surface area (Å²) in [6.45, 7) is 9.58. The minimum atomic E-state index is -3.71. The van der Waals surface area contributed by atoms with Gasteiger partial charge in [-0.15, -0.1) is 0 Å². The second-order valence-corrected chi connectivity index (χ2v) is 8.03. The molecular formula is C15H23ClO4S. The van der Waals surface area contributed by atoms with Crippen LogP contribution in [-0.4, -0.2) is 28.2 Å². The Morgan fingerprint density at radius 3 is 2.14 bits per heavy atom. The lowest BCUT2D eigenvalue weighted by atomic mass is 10.1. The fourth-order valence-corrected chi connectivity index (χ4v) is 2.81. The normalized spacial score (nSPS) is 11.9. The summed E-state index contributed by atoms with van der Waals surface area (Å²) in [5.74, 6) is 1.31. The van der Waals surface area contributed by atoms with E-state index >= 15 is 0 Å². The maximum absolute atomic E-state index is 11.3. The highest BCUT2D eigenvalue weighted by Gasteiger charge is 2.14. The summed E-state index contributed by atoms with van der Waals surface area (Å²) in [7, 11) is 1.64. The first-order valence-electron chi connectivity index (χ1n) is 6.98. The Morgan fingerprint density at radius 2 is 1.67 bits per heavy atom. The fourth-order valence-electron chi connectivity index (χ4n) is 1.90. The fraction of sp³-hybridized carbons (Fsp3) is 0.600. The molecular weight excluding hydrogens is 312 g/mol. The van der Waals surface area contributed by atoms with Crippen LogP contribution in [0.1, 0.15) is 31.4 Å². The van der Waals surface area contributed by atoms with Crippen molar-refractivity contribution in [1.82, 2.24) is 0 Å². The zero-order valence-corrected chi connectivity index (χ0v) is 14.6. The molecule has 6 heteroatoms. The number of benzene rings is 1. The van der Waals surface area contributed by atoms with Gasteiger partial charge in [0, 0.05) is 17.3 Å². The average Bonchev–Trinajstić information content (AvgIpc) is 2.34. The van der Waals surface area contributed by atoms with Crippen molar-refractivity contribution >= 4 is 19.7 Å². The lowest BCUT2D eigenvalue weighted by molar-refractivity contribution is 0.0921. The van der Waals surface area contributed by atoms with Crippen molar-refractivity contribution in [2.45, 2.75) is 39.0 Å². The van der Waals surface area contributed by atoms with E-state index in [1.165, 1.54) is 12.1 Å². The highest BCUT2D eigenvalue weighted by atomic mass is 35.7. The molecule has 0 amide bonds. The lowest BCUT2D eigenvalue weighted by Crippen LogP contribution is -2.10. The van der Waals surface area contributed by atoms with E-state index in [0.29, 0.717) is 24.9 Å². The maximum Gasteiger partial charge on any atom is 0.261 e. The van der Waals surface area contributed by atoms with Gasteiger partial charge in [-0.05, 0) is 49.4 Å². The van der Waals surface area contributed by atoms with Crippen molar-refractivity contribution in [3.8, 4) is 5.75 Å². The minimum absolute atomic E-state index is 0.0969. The van der Waals surface area contributed by atoms with Crippen LogP contribution in [0.3, 0.4) is 0 Å². The van der Waals surface area contributed by atoms with Crippen molar-refractivity contribution in [3.63, 3.8) is 0 Å². The van der Waals surface area contributed by atoms with Gasteiger partial charge in [0.2, 0.25) is 0 Å². The number of hydrogen-bond acceptors (Lipinski definition) is 4. The third-order valence-corrected chi connectivity index (χ3v) is 4.36. The van der Waals surface area contributed by atoms with E-state index in [1.807, 2.05) is 0 Å². The summed E-state index contributed by atoms with van der Waals surface area (Å²) in [6.07, 6.45) is 1.03. The molecule has 0 atom stereocenters. The monoisotopic (exact) mass is 334 g/mol. The molecule has 0 N–H and O–H groups in total. The number of hydrogen-bond donors (Lipinski definition) is 0. The van der Waals surface area contributed by atoms with E-state index < -0.39 is 9.05 Å². The second-order valence-electron chi connectivity index (χ2n) is 5.47. The number of halogens is 1. The maximum atomic E-state index is 11.3. The van der Waals surface area contributed by atoms with Crippen molar-refractivity contribution in [1.29, 1.82) is 0 Å². The van der Waals surface area contributed by atoms with Crippen LogP contribution in [0.4, 0.5) is 0 Å². The van der Waals surface area contributed by atoms with Gasteiger partial charge < -0.3 is 9.47 Å². The zero-order chi connectivity index (χ0) is 16.0. The number of aryl methyl sites for hydroxylation is 2. The molecule has 0 bridgehead atoms. The van der Waals surface area contributed by atoms with Crippen molar-refractivity contribution in [2.24, 2.45) is 5.92 Å². The summed E-state index contributed by atoms with van der Waals surface area (Å²) in [5, 5.41) is 0. The Bertz CT molecular complexity index is 544. The van der Waals surface area contributed by atoms with Gasteiger partial charge in [0.05, 0.1) is 11.5 Å². The highest BCUT2D eigenvalue weighted by molar-refractivity contribution is 8.13. The van der Waals surface area contributed by atoms with Crippen LogP contribution in [-0.2, 0) is 13.8 Å². The molecule has 0 radical (unpaired) electrons. The first kappa shape index (κ1) is 18.3. The zero-order valence-electron chi connectivity index (χ0n) is 13.0. The van der Waals surface area contributed by atoms with Gasteiger partial charge >= 0.3 is 0 Å². The molecule has 0 saturated heterocycles. The van der Waals surface area contributed by atoms with Crippen molar-refractivity contribution in [3.05, 3.63) is 23.3 Å². The van der Waals surface area contributed by atoms with Crippen LogP contribution in [0.15, 0.2) is 17.0 Å². The van der Waals surface area contributed by atoms with E-state index in [9.17, 15) is 8.42 Å². The molecule has 0 aliphatic rings. The quantitative estimate of drug-likeness (QED) is 0.537. The van der Waals surface area contributed by atoms with Gasteiger partial charge in [0.1, 0.15) is 12.4 Å². The summed E-state index contributed by atoms with van der Waals surface area (Å²) in [6, 6.07) is 3.04. The Kier molecular flexibility index (Phi) is 6.97.